The van der Waals surface area contributed by atoms with Crippen molar-refractivity contribution in [3.63, 3.8) is 0 Å². The van der Waals surface area contributed by atoms with Crippen molar-refractivity contribution in [3.8, 4) is 0 Å². The second-order valence-electron chi connectivity index (χ2n) is 5.27. The van der Waals surface area contributed by atoms with Gasteiger partial charge in [-0.25, -0.2) is 4.79 Å². The number of carbonyl (C=O) groups is 2. The minimum atomic E-state index is -0.578. The number of nitrogens with one attached hydrogen (secondary N) is 2. The van der Waals surface area contributed by atoms with Crippen LogP contribution in [0.25, 0.3) is 0 Å². The molecule has 5 heteroatoms. The van der Waals surface area contributed by atoms with Crippen LogP contribution in [0.5, 0.6) is 0 Å². The van der Waals surface area contributed by atoms with E-state index in [0.717, 1.165) is 12.8 Å². The fourth-order valence-corrected chi connectivity index (χ4v) is 1.92. The lowest BCUT2D eigenvalue weighted by Crippen LogP contribution is -2.53. The van der Waals surface area contributed by atoms with Crippen LogP contribution in [0.3, 0.4) is 0 Å². The molecule has 0 saturated heterocycles. The number of hydrogen-bond acceptors (Lipinski definition) is 3. The molecule has 0 spiro atoms. The van der Waals surface area contributed by atoms with Crippen molar-refractivity contribution < 1.29 is 14.3 Å². The number of alkyl carbamates (subject to hydrolysis) is 1. The average molecular weight is 272 g/mol. The zero-order valence-electron chi connectivity index (χ0n) is 12.9. The van der Waals surface area contributed by atoms with Gasteiger partial charge >= 0.3 is 6.09 Å². The Hall–Kier alpha value is -1.26. The van der Waals surface area contributed by atoms with Gasteiger partial charge in [0.05, 0.1) is 7.11 Å². The van der Waals surface area contributed by atoms with Crippen LogP contribution < -0.4 is 10.6 Å². The van der Waals surface area contributed by atoms with Gasteiger partial charge in [0, 0.05) is 6.04 Å². The first-order valence-electron chi connectivity index (χ1n) is 7.02. The molecule has 112 valence electrons. The summed E-state index contributed by atoms with van der Waals surface area (Å²) in [5.41, 5.74) is 0. The quantitative estimate of drug-likeness (QED) is 0.747. The van der Waals surface area contributed by atoms with Crippen molar-refractivity contribution >= 4 is 12.0 Å². The standard InChI is InChI=1S/C14H28N2O3/c1-7-10(5)11(8-2)15-13(17)12(9(3)4)16-14(18)19-6/h9-12H,7-8H2,1-6H3,(H,15,17)(H,16,18)/t10?,11-,12+/m1/s1. The maximum Gasteiger partial charge on any atom is 0.407 e. The Kier molecular flexibility index (Phi) is 8.19. The Balaban J connectivity index is 4.67. The van der Waals surface area contributed by atoms with Gasteiger partial charge in [-0.2, -0.15) is 0 Å². The summed E-state index contributed by atoms with van der Waals surface area (Å²) >= 11 is 0. The molecule has 0 aliphatic carbocycles. The zero-order chi connectivity index (χ0) is 15.0. The van der Waals surface area contributed by atoms with E-state index in [1.807, 2.05) is 13.8 Å². The van der Waals surface area contributed by atoms with Crippen molar-refractivity contribution in [1.29, 1.82) is 0 Å². The van der Waals surface area contributed by atoms with Crippen molar-refractivity contribution in [2.45, 2.75) is 59.5 Å². The van der Waals surface area contributed by atoms with E-state index in [1.165, 1.54) is 7.11 Å². The Morgan fingerprint density at radius 3 is 2.00 bits per heavy atom. The van der Waals surface area contributed by atoms with Crippen LogP contribution in [0.2, 0.25) is 0 Å². The largest absolute Gasteiger partial charge is 0.453 e. The lowest BCUT2D eigenvalue weighted by atomic mass is 9.95. The van der Waals surface area contributed by atoms with Gasteiger partial charge in [-0.15, -0.1) is 0 Å². The summed E-state index contributed by atoms with van der Waals surface area (Å²) in [5.74, 6) is 0.279. The highest BCUT2D eigenvalue weighted by molar-refractivity contribution is 5.86. The Labute approximate surface area is 116 Å². The van der Waals surface area contributed by atoms with Crippen molar-refractivity contribution in [3.05, 3.63) is 0 Å². The van der Waals surface area contributed by atoms with Gasteiger partial charge in [0.25, 0.3) is 0 Å². The van der Waals surface area contributed by atoms with E-state index >= 15 is 0 Å². The van der Waals surface area contributed by atoms with E-state index in [2.05, 4.69) is 36.1 Å². The Bertz CT molecular complexity index is 292. The van der Waals surface area contributed by atoms with Gasteiger partial charge in [-0.05, 0) is 18.3 Å². The molecule has 5 nitrogen and oxygen atoms in total. The molecule has 0 saturated carbocycles. The van der Waals surface area contributed by atoms with Crippen molar-refractivity contribution in [2.75, 3.05) is 7.11 Å². The molecule has 2 N–H and O–H groups in total. The van der Waals surface area contributed by atoms with E-state index in [9.17, 15) is 9.59 Å². The molecule has 19 heavy (non-hydrogen) atoms. The highest BCUT2D eigenvalue weighted by atomic mass is 16.5. The molecule has 0 aromatic carbocycles. The second kappa shape index (κ2) is 8.77. The van der Waals surface area contributed by atoms with Crippen molar-refractivity contribution in [1.82, 2.24) is 10.6 Å². The number of hydrogen-bond donors (Lipinski definition) is 2. The van der Waals surface area contributed by atoms with Crippen LogP contribution in [0.15, 0.2) is 0 Å². The van der Waals surface area contributed by atoms with Gasteiger partial charge in [-0.3, -0.25) is 4.79 Å². The molecule has 0 rings (SSSR count). The monoisotopic (exact) mass is 272 g/mol. The first-order chi connectivity index (χ1) is 8.87. The number of amides is 2. The van der Waals surface area contributed by atoms with Gasteiger partial charge in [0.2, 0.25) is 5.91 Å². The SMILES string of the molecule is CCC(C)[C@@H](CC)NC(=O)[C@@H](NC(=O)OC)C(C)C. The molecular weight excluding hydrogens is 244 g/mol. The molecule has 0 aliphatic heterocycles. The van der Waals surface area contributed by atoms with Crippen molar-refractivity contribution in [2.24, 2.45) is 11.8 Å². The number of methoxy groups -OCH3 is 1. The Morgan fingerprint density at radius 1 is 1.05 bits per heavy atom. The summed E-state index contributed by atoms with van der Waals surface area (Å²) in [6.45, 7) is 10.1. The van der Waals surface area contributed by atoms with Crippen LogP contribution in [0.4, 0.5) is 4.79 Å². The molecule has 0 bridgehead atoms. The zero-order valence-corrected chi connectivity index (χ0v) is 12.9. The van der Waals surface area contributed by atoms with E-state index in [-0.39, 0.29) is 17.9 Å². The van der Waals surface area contributed by atoms with E-state index in [4.69, 9.17) is 0 Å². The molecule has 1 unspecified atom stereocenters. The van der Waals surface area contributed by atoms with Crippen LogP contribution >= 0.6 is 0 Å². The van der Waals surface area contributed by atoms with Crippen LogP contribution in [-0.4, -0.2) is 31.2 Å². The van der Waals surface area contributed by atoms with Gasteiger partial charge in [-0.1, -0.05) is 41.0 Å². The van der Waals surface area contributed by atoms with Crippen LogP contribution in [0.1, 0.15) is 47.5 Å². The minimum Gasteiger partial charge on any atom is -0.453 e. The summed E-state index contributed by atoms with van der Waals surface area (Å²) in [6, 6.07) is -0.427. The second-order valence-corrected chi connectivity index (χ2v) is 5.27. The first-order valence-corrected chi connectivity index (χ1v) is 7.02. The molecule has 0 radical (unpaired) electrons. The third-order valence-electron chi connectivity index (χ3n) is 3.51. The smallest absolute Gasteiger partial charge is 0.407 e. The lowest BCUT2D eigenvalue weighted by molar-refractivity contribution is -0.125. The molecule has 0 heterocycles. The van der Waals surface area contributed by atoms with E-state index < -0.39 is 12.1 Å². The minimum absolute atomic E-state index is 0.00791. The van der Waals surface area contributed by atoms with Gasteiger partial charge < -0.3 is 15.4 Å². The normalized spacial score (nSPS) is 15.5. The summed E-state index contributed by atoms with van der Waals surface area (Å²) in [4.78, 5) is 23.5. The van der Waals surface area contributed by atoms with E-state index in [1.54, 1.807) is 0 Å². The first kappa shape index (κ1) is 17.7. The van der Waals surface area contributed by atoms with Gasteiger partial charge in [0.1, 0.15) is 6.04 Å². The molecule has 0 aromatic heterocycles. The number of ether oxygens (including phenoxy) is 1. The third-order valence-corrected chi connectivity index (χ3v) is 3.51. The fourth-order valence-electron chi connectivity index (χ4n) is 1.92. The highest BCUT2D eigenvalue weighted by Gasteiger charge is 2.27. The van der Waals surface area contributed by atoms with Crippen LogP contribution in [0, 0.1) is 11.8 Å². The molecular formula is C14H28N2O3. The summed E-state index contributed by atoms with van der Waals surface area (Å²) < 4.78 is 4.55. The molecule has 0 fully saturated rings. The fraction of sp³-hybridized carbons (Fsp3) is 0.857. The Morgan fingerprint density at radius 2 is 1.63 bits per heavy atom. The van der Waals surface area contributed by atoms with Crippen LogP contribution in [-0.2, 0) is 9.53 Å². The molecule has 0 aliphatic rings. The topological polar surface area (TPSA) is 67.4 Å². The molecule has 2 amide bonds. The molecule has 3 atom stereocenters. The summed E-state index contributed by atoms with van der Waals surface area (Å²) in [7, 11) is 1.29. The molecule has 0 aromatic rings. The van der Waals surface area contributed by atoms with Gasteiger partial charge in [0.15, 0.2) is 0 Å². The number of rotatable bonds is 7. The lowest BCUT2D eigenvalue weighted by Gasteiger charge is -2.27. The predicted molar refractivity (Wildman–Crippen MR) is 75.8 cm³/mol. The number of carbonyl (C=O) groups excluding carboxylic acids is 2. The maximum absolute atomic E-state index is 12.2. The van der Waals surface area contributed by atoms with E-state index in [0.29, 0.717) is 5.92 Å². The third kappa shape index (κ3) is 5.94. The average Bonchev–Trinajstić information content (AvgIpc) is 2.39. The highest BCUT2D eigenvalue weighted by Crippen LogP contribution is 2.12. The maximum atomic E-state index is 12.2. The predicted octanol–water partition coefficient (Wildman–Crippen LogP) is 2.31. The summed E-state index contributed by atoms with van der Waals surface area (Å²) in [6.07, 6.45) is 1.31. The summed E-state index contributed by atoms with van der Waals surface area (Å²) in [5, 5.41) is 5.60.